The first-order valence-corrected chi connectivity index (χ1v) is 4.76. The van der Waals surface area contributed by atoms with Crippen molar-refractivity contribution in [2.75, 3.05) is 0 Å². The van der Waals surface area contributed by atoms with Gasteiger partial charge >= 0.3 is 29.6 Å². The normalized spacial score (nSPS) is 10.1. The van der Waals surface area contributed by atoms with Crippen LogP contribution in [-0.4, -0.2) is 16.3 Å². The van der Waals surface area contributed by atoms with Gasteiger partial charge in [0.2, 0.25) is 0 Å². The van der Waals surface area contributed by atoms with Crippen LogP contribution in [0.15, 0.2) is 35.6 Å². The summed E-state index contributed by atoms with van der Waals surface area (Å²) in [6.07, 6.45) is 0. The third kappa shape index (κ3) is 4.59. The fraction of sp³-hybridized carbons (Fsp3) is 0.400. The van der Waals surface area contributed by atoms with Crippen molar-refractivity contribution < 1.29 is 29.6 Å². The molecule has 0 N–H and O–H groups in total. The first-order valence-electron chi connectivity index (χ1n) is 4.76. The maximum Gasteiger partial charge on any atom is 1.00 e. The molecule has 0 atom stereocenters. The molecule has 1 rings (SSSR count). The zero-order valence-electron chi connectivity index (χ0n) is 9.83. The summed E-state index contributed by atoms with van der Waals surface area (Å²) in [5.74, 6) is 0. The van der Waals surface area contributed by atoms with Gasteiger partial charge in [0.05, 0.1) is 5.29 Å². The van der Waals surface area contributed by atoms with Gasteiger partial charge in [-0.15, -0.1) is 4.91 Å². The van der Waals surface area contributed by atoms with E-state index in [-0.39, 0.29) is 40.9 Å². The molecule has 0 saturated heterocycles. The molecule has 0 aromatic heterocycles. The summed E-state index contributed by atoms with van der Waals surface area (Å²) in [5.41, 5.74) is 0.968. The van der Waals surface area contributed by atoms with Gasteiger partial charge in [0, 0.05) is 12.6 Å². The summed E-state index contributed by atoms with van der Waals surface area (Å²) < 4.78 is 0. The molecule has 5 nitrogen and oxygen atoms in total. The van der Waals surface area contributed by atoms with Crippen molar-refractivity contribution in [3.8, 4) is 0 Å². The van der Waals surface area contributed by atoms with Gasteiger partial charge in [-0.25, -0.2) is 5.01 Å². The molecule has 0 spiro atoms. The number of rotatable bonds is 5. The van der Waals surface area contributed by atoms with E-state index in [1.165, 1.54) is 5.01 Å². The van der Waals surface area contributed by atoms with E-state index in [4.69, 9.17) is 0 Å². The Labute approximate surface area is 117 Å². The summed E-state index contributed by atoms with van der Waals surface area (Å²) in [7, 11) is 0. The Kier molecular flexibility index (Phi) is 7.53. The minimum absolute atomic E-state index is 0. The summed E-state index contributed by atoms with van der Waals surface area (Å²) >= 11 is 0. The SMILES string of the molecule is CC(C)N(Cc1ccccc1)N([O-])N=O.[Na+]. The second-order valence-electron chi connectivity index (χ2n) is 3.51. The Hall–Kier alpha value is -0.460. The zero-order valence-corrected chi connectivity index (χ0v) is 11.8. The largest absolute Gasteiger partial charge is 1.00 e. The standard InChI is InChI=1S/C10H14N3O2.Na/c1-9(2)12(13(15)11-14)8-10-6-4-3-5-7-10;/h3-7,9H,8H2,1-2H3;/q-1;+1. The Morgan fingerprint density at radius 3 is 2.31 bits per heavy atom. The predicted molar refractivity (Wildman–Crippen MR) is 58.1 cm³/mol. The van der Waals surface area contributed by atoms with E-state index in [1.807, 2.05) is 44.2 Å². The summed E-state index contributed by atoms with van der Waals surface area (Å²) in [6.45, 7) is 4.05. The van der Waals surface area contributed by atoms with Gasteiger partial charge in [-0.1, -0.05) is 30.3 Å². The fourth-order valence-electron chi connectivity index (χ4n) is 1.26. The van der Waals surface area contributed by atoms with E-state index in [0.717, 1.165) is 5.56 Å². The van der Waals surface area contributed by atoms with E-state index >= 15 is 0 Å². The average molecular weight is 231 g/mol. The Morgan fingerprint density at radius 1 is 1.31 bits per heavy atom. The number of nitrogens with zero attached hydrogens (tertiary/aromatic N) is 3. The Balaban J connectivity index is 0.00000225. The minimum Gasteiger partial charge on any atom is -0.724 e. The first kappa shape index (κ1) is 15.5. The van der Waals surface area contributed by atoms with Gasteiger partial charge < -0.3 is 5.21 Å². The zero-order chi connectivity index (χ0) is 11.3. The molecule has 0 unspecified atom stereocenters. The fourth-order valence-corrected chi connectivity index (χ4v) is 1.26. The molecular weight excluding hydrogens is 217 g/mol. The third-order valence-electron chi connectivity index (χ3n) is 2.07. The maximum absolute atomic E-state index is 11.1. The van der Waals surface area contributed by atoms with Crippen molar-refractivity contribution in [2.24, 2.45) is 5.29 Å². The van der Waals surface area contributed by atoms with E-state index < -0.39 is 0 Å². The number of benzene rings is 1. The number of hydrazine groups is 1. The smallest absolute Gasteiger partial charge is 0.724 e. The van der Waals surface area contributed by atoms with Crippen LogP contribution in [0.1, 0.15) is 19.4 Å². The first-order chi connectivity index (χ1) is 7.15. The molecule has 82 valence electrons. The minimum atomic E-state index is -0.0691. The van der Waals surface area contributed by atoms with Crippen LogP contribution in [0.3, 0.4) is 0 Å². The van der Waals surface area contributed by atoms with Crippen LogP contribution in [0.4, 0.5) is 0 Å². The average Bonchev–Trinajstić information content (AvgIpc) is 2.26. The van der Waals surface area contributed by atoms with Crippen molar-refractivity contribution in [1.82, 2.24) is 10.3 Å². The molecule has 0 aliphatic carbocycles. The molecule has 16 heavy (non-hydrogen) atoms. The van der Waals surface area contributed by atoms with Crippen molar-refractivity contribution >= 4 is 0 Å². The molecule has 0 fully saturated rings. The van der Waals surface area contributed by atoms with Crippen molar-refractivity contribution in [3.05, 3.63) is 46.0 Å². The van der Waals surface area contributed by atoms with Crippen LogP contribution in [0.5, 0.6) is 0 Å². The molecule has 0 amide bonds. The Morgan fingerprint density at radius 2 is 1.88 bits per heavy atom. The van der Waals surface area contributed by atoms with E-state index in [9.17, 15) is 10.1 Å². The topological polar surface area (TPSA) is 59.0 Å². The number of hydrogen-bond donors (Lipinski definition) is 0. The van der Waals surface area contributed by atoms with Crippen LogP contribution < -0.4 is 29.6 Å². The van der Waals surface area contributed by atoms with Crippen LogP contribution in [0.25, 0.3) is 0 Å². The summed E-state index contributed by atoms with van der Waals surface area (Å²) in [6, 6.07) is 9.40. The second-order valence-corrected chi connectivity index (χ2v) is 3.51. The number of hydrogen-bond acceptors (Lipinski definition) is 4. The molecule has 6 heteroatoms. The molecule has 0 bridgehead atoms. The van der Waals surface area contributed by atoms with Crippen molar-refractivity contribution in [2.45, 2.75) is 26.4 Å². The molecule has 0 heterocycles. The number of nitroso groups, excluding NO2 is 1. The van der Waals surface area contributed by atoms with Gasteiger partial charge in [0.15, 0.2) is 0 Å². The quantitative estimate of drug-likeness (QED) is 0.382. The molecule has 0 radical (unpaired) electrons. The van der Waals surface area contributed by atoms with Crippen LogP contribution >= 0.6 is 0 Å². The van der Waals surface area contributed by atoms with E-state index in [2.05, 4.69) is 5.29 Å². The molecule has 0 aliphatic rings. The van der Waals surface area contributed by atoms with Gasteiger partial charge in [-0.05, 0) is 19.4 Å². The monoisotopic (exact) mass is 231 g/mol. The second kappa shape index (κ2) is 7.76. The molecule has 0 saturated carbocycles. The van der Waals surface area contributed by atoms with Gasteiger partial charge in [0.25, 0.3) is 0 Å². The maximum atomic E-state index is 11.1. The van der Waals surface area contributed by atoms with Gasteiger partial charge in [-0.3, -0.25) is 5.28 Å². The Bertz CT molecular complexity index is 308. The van der Waals surface area contributed by atoms with Crippen LogP contribution in [0.2, 0.25) is 0 Å². The third-order valence-corrected chi connectivity index (χ3v) is 2.07. The molecular formula is C10H14N3NaO2. The predicted octanol–water partition coefficient (Wildman–Crippen LogP) is -0.703. The van der Waals surface area contributed by atoms with Crippen LogP contribution in [-0.2, 0) is 6.54 Å². The van der Waals surface area contributed by atoms with Crippen LogP contribution in [0, 0.1) is 10.1 Å². The molecule has 1 aromatic carbocycles. The molecule has 1 aromatic rings. The van der Waals surface area contributed by atoms with E-state index in [0.29, 0.717) is 6.54 Å². The van der Waals surface area contributed by atoms with Crippen molar-refractivity contribution in [3.63, 3.8) is 0 Å². The van der Waals surface area contributed by atoms with E-state index in [1.54, 1.807) is 0 Å². The molecule has 0 aliphatic heterocycles. The van der Waals surface area contributed by atoms with Gasteiger partial charge in [0.1, 0.15) is 0 Å². The summed E-state index contributed by atoms with van der Waals surface area (Å²) in [5, 5.41) is 14.9. The summed E-state index contributed by atoms with van der Waals surface area (Å²) in [4.78, 5) is 10.2. The van der Waals surface area contributed by atoms with Crippen molar-refractivity contribution in [1.29, 1.82) is 0 Å². The van der Waals surface area contributed by atoms with Gasteiger partial charge in [-0.2, -0.15) is 0 Å².